The molecular weight excluding hydrogens is 407 g/mol. The zero-order valence-corrected chi connectivity index (χ0v) is 16.9. The molecule has 0 aromatic heterocycles. The van der Waals surface area contributed by atoms with Gasteiger partial charge >= 0.3 is 18.1 Å². The second-order valence-corrected chi connectivity index (χ2v) is 6.90. The van der Waals surface area contributed by atoms with Crippen LogP contribution in [-0.2, 0) is 27.4 Å². The van der Waals surface area contributed by atoms with Gasteiger partial charge in [0.25, 0.3) is 0 Å². The Morgan fingerprint density at radius 3 is 2.47 bits per heavy atom. The van der Waals surface area contributed by atoms with Gasteiger partial charge in [-0.1, -0.05) is 11.6 Å². The first-order chi connectivity index (χ1) is 13.9. The van der Waals surface area contributed by atoms with Crippen LogP contribution in [0.1, 0.15) is 46.8 Å². The number of carbonyl (C=O) groups excluding carboxylic acids is 3. The van der Waals surface area contributed by atoms with Crippen LogP contribution in [0, 0.1) is 6.92 Å². The number of amides is 1. The van der Waals surface area contributed by atoms with Gasteiger partial charge < -0.3 is 24.3 Å². The number of carboxylic acids is 1. The number of hydrogen-bond acceptors (Lipinski definition) is 6. The Morgan fingerprint density at radius 2 is 1.93 bits per heavy atom. The van der Waals surface area contributed by atoms with Crippen molar-refractivity contribution < 1.29 is 42.1 Å². The fourth-order valence-corrected chi connectivity index (χ4v) is 3.37. The van der Waals surface area contributed by atoms with E-state index in [9.17, 15) is 32.7 Å². The summed E-state index contributed by atoms with van der Waals surface area (Å²) in [6, 6.07) is 0. The molecule has 1 aliphatic heterocycles. The van der Waals surface area contributed by atoms with Gasteiger partial charge in [0, 0.05) is 24.1 Å². The van der Waals surface area contributed by atoms with Crippen molar-refractivity contribution in [1.29, 1.82) is 0 Å². The average Bonchev–Trinajstić information content (AvgIpc) is 3.04. The van der Waals surface area contributed by atoms with E-state index in [0.717, 1.165) is 7.05 Å². The van der Waals surface area contributed by atoms with Gasteiger partial charge in [0.1, 0.15) is 12.4 Å². The molecular formula is C20H21F3NO6-. The third-order valence-corrected chi connectivity index (χ3v) is 4.91. The number of carboxylic acid groups (broad SMARTS) is 1. The molecule has 0 spiro atoms. The monoisotopic (exact) mass is 428 g/mol. The SMILES string of the molecule is COc1c(C)c2c(c(N(C)C(=O)C(F)(F)F)c1C/C=C(\C)CCC(=O)[O-])C(=O)OC2. The van der Waals surface area contributed by atoms with Crippen molar-refractivity contribution in [3.63, 3.8) is 0 Å². The van der Waals surface area contributed by atoms with Crippen LogP contribution in [0.5, 0.6) is 5.75 Å². The Labute approximate surface area is 171 Å². The summed E-state index contributed by atoms with van der Waals surface area (Å²) in [6.45, 7) is 3.16. The van der Waals surface area contributed by atoms with Crippen LogP contribution in [0.2, 0.25) is 0 Å². The van der Waals surface area contributed by atoms with E-state index >= 15 is 0 Å². The maximum atomic E-state index is 13.1. The van der Waals surface area contributed by atoms with Gasteiger partial charge in [-0.25, -0.2) is 4.79 Å². The summed E-state index contributed by atoms with van der Waals surface area (Å²) in [5.74, 6) is -3.97. The molecule has 1 heterocycles. The van der Waals surface area contributed by atoms with Crippen molar-refractivity contribution in [2.24, 2.45) is 0 Å². The Balaban J connectivity index is 2.67. The molecule has 1 aliphatic rings. The molecule has 1 amide bonds. The number of cyclic esters (lactones) is 1. The number of alkyl halides is 3. The molecule has 2 rings (SSSR count). The largest absolute Gasteiger partial charge is 0.550 e. The minimum atomic E-state index is -5.15. The third kappa shape index (κ3) is 4.58. The molecule has 10 heteroatoms. The van der Waals surface area contributed by atoms with E-state index in [1.54, 1.807) is 19.9 Å². The fourth-order valence-electron chi connectivity index (χ4n) is 3.37. The van der Waals surface area contributed by atoms with E-state index < -0.39 is 24.0 Å². The molecule has 1 aromatic rings. The number of hydrogen-bond donors (Lipinski definition) is 0. The number of benzene rings is 1. The molecule has 30 heavy (non-hydrogen) atoms. The topological polar surface area (TPSA) is 96.0 Å². The van der Waals surface area contributed by atoms with Gasteiger partial charge in [-0.2, -0.15) is 13.2 Å². The Bertz CT molecular complexity index is 920. The number of halogens is 3. The minimum Gasteiger partial charge on any atom is -0.550 e. The van der Waals surface area contributed by atoms with Gasteiger partial charge in [0.2, 0.25) is 0 Å². The van der Waals surface area contributed by atoms with Crippen molar-refractivity contribution in [2.75, 3.05) is 19.1 Å². The van der Waals surface area contributed by atoms with Crippen LogP contribution in [0.25, 0.3) is 0 Å². The first-order valence-electron chi connectivity index (χ1n) is 8.99. The standard InChI is InChI=1S/C20H22F3NO6/c1-10(6-8-14(25)26)5-7-12-16(24(3)19(28)20(21,22)23)15-13(9-30-18(15)27)11(2)17(12)29-4/h5H,6-9H2,1-4H3,(H,25,26)/p-1/b10-5+. The summed E-state index contributed by atoms with van der Waals surface area (Å²) >= 11 is 0. The first kappa shape index (κ1) is 23.2. The number of anilines is 1. The summed E-state index contributed by atoms with van der Waals surface area (Å²) in [5.41, 5.74) is 1.38. The van der Waals surface area contributed by atoms with Crippen molar-refractivity contribution in [3.05, 3.63) is 33.9 Å². The fraction of sp³-hybridized carbons (Fsp3) is 0.450. The summed E-state index contributed by atoms with van der Waals surface area (Å²) in [4.78, 5) is 35.3. The Morgan fingerprint density at radius 1 is 1.30 bits per heavy atom. The number of carbonyl (C=O) groups is 3. The molecule has 0 aliphatic carbocycles. The van der Waals surface area contributed by atoms with Crippen molar-refractivity contribution in [3.8, 4) is 5.75 Å². The summed E-state index contributed by atoms with van der Waals surface area (Å²) in [6.07, 6.45) is -3.56. The molecule has 1 aromatic carbocycles. The third-order valence-electron chi connectivity index (χ3n) is 4.91. The smallest absolute Gasteiger partial charge is 0.471 e. The van der Waals surface area contributed by atoms with Crippen LogP contribution in [0.3, 0.4) is 0 Å². The number of ether oxygens (including phenoxy) is 2. The second kappa shape index (κ2) is 8.76. The van der Waals surface area contributed by atoms with Crippen LogP contribution in [0.4, 0.5) is 18.9 Å². The van der Waals surface area contributed by atoms with Crippen molar-refractivity contribution >= 4 is 23.5 Å². The highest BCUT2D eigenvalue weighted by molar-refractivity contribution is 6.07. The predicted octanol–water partition coefficient (Wildman–Crippen LogP) is 2.22. The molecule has 7 nitrogen and oxygen atoms in total. The number of rotatable bonds is 7. The lowest BCUT2D eigenvalue weighted by Gasteiger charge is -2.26. The van der Waals surface area contributed by atoms with Gasteiger partial charge in [-0.3, -0.25) is 4.79 Å². The number of esters is 1. The Kier molecular flexibility index (Phi) is 6.79. The van der Waals surface area contributed by atoms with Gasteiger partial charge in [0.15, 0.2) is 0 Å². The predicted molar refractivity (Wildman–Crippen MR) is 98.0 cm³/mol. The van der Waals surface area contributed by atoms with Gasteiger partial charge in [-0.05, 0) is 38.7 Å². The lowest BCUT2D eigenvalue weighted by atomic mass is 9.92. The lowest BCUT2D eigenvalue weighted by Crippen LogP contribution is -2.39. The average molecular weight is 428 g/mol. The quantitative estimate of drug-likeness (QED) is 0.488. The van der Waals surface area contributed by atoms with E-state index in [0.29, 0.717) is 21.6 Å². The van der Waals surface area contributed by atoms with Crippen LogP contribution in [0.15, 0.2) is 11.6 Å². The van der Waals surface area contributed by atoms with Crippen LogP contribution in [-0.4, -0.2) is 38.2 Å². The number of nitrogens with zero attached hydrogens (tertiary/aromatic N) is 1. The number of methoxy groups -OCH3 is 1. The first-order valence-corrected chi connectivity index (χ1v) is 8.99. The zero-order valence-electron chi connectivity index (χ0n) is 16.9. The highest BCUT2D eigenvalue weighted by atomic mass is 19.4. The molecule has 164 valence electrons. The van der Waals surface area contributed by atoms with Crippen molar-refractivity contribution in [1.82, 2.24) is 0 Å². The minimum absolute atomic E-state index is 0.00820. The maximum absolute atomic E-state index is 13.1. The van der Waals surface area contributed by atoms with Crippen molar-refractivity contribution in [2.45, 2.75) is 45.9 Å². The van der Waals surface area contributed by atoms with Crippen LogP contribution >= 0.6 is 0 Å². The molecule has 0 fully saturated rings. The summed E-state index contributed by atoms with van der Waals surface area (Å²) in [7, 11) is 2.26. The zero-order chi connectivity index (χ0) is 22.8. The molecule has 0 N–H and O–H groups in total. The highest BCUT2D eigenvalue weighted by Gasteiger charge is 2.44. The number of aliphatic carboxylic acids is 1. The van der Waals surface area contributed by atoms with Gasteiger partial charge in [0.05, 0.1) is 18.4 Å². The van der Waals surface area contributed by atoms with E-state index in [2.05, 4.69) is 0 Å². The molecule has 0 bridgehead atoms. The molecule has 0 saturated heterocycles. The number of allylic oxidation sites excluding steroid dienone is 2. The molecule has 0 unspecified atom stereocenters. The van der Waals surface area contributed by atoms with E-state index in [4.69, 9.17) is 9.47 Å². The van der Waals surface area contributed by atoms with E-state index in [1.807, 2.05) is 0 Å². The maximum Gasteiger partial charge on any atom is 0.471 e. The second-order valence-electron chi connectivity index (χ2n) is 6.90. The summed E-state index contributed by atoms with van der Waals surface area (Å²) in [5, 5.41) is 10.6. The van der Waals surface area contributed by atoms with Crippen LogP contribution < -0.4 is 14.7 Å². The summed E-state index contributed by atoms with van der Waals surface area (Å²) < 4.78 is 49.7. The molecule has 0 saturated carbocycles. The molecule has 0 radical (unpaired) electrons. The number of fused-ring (bicyclic) bond motifs is 1. The van der Waals surface area contributed by atoms with Gasteiger partial charge in [-0.15, -0.1) is 0 Å². The Hall–Kier alpha value is -3.04. The molecule has 0 atom stereocenters. The van der Waals surface area contributed by atoms with E-state index in [1.165, 1.54) is 7.11 Å². The van der Waals surface area contributed by atoms with E-state index in [-0.39, 0.29) is 48.4 Å². The highest BCUT2D eigenvalue weighted by Crippen LogP contribution is 2.43. The normalized spacial score (nSPS) is 13.7. The lowest BCUT2D eigenvalue weighted by molar-refractivity contribution is -0.305.